The van der Waals surface area contributed by atoms with E-state index in [1.54, 1.807) is 0 Å². The van der Waals surface area contributed by atoms with Crippen LogP contribution < -0.4 is 0 Å². The number of fused-ring (bicyclic) bond motifs is 1. The molecule has 0 aromatic carbocycles. The van der Waals surface area contributed by atoms with Crippen LogP contribution in [-0.4, -0.2) is 17.5 Å². The quantitative estimate of drug-likeness (QED) is 0.669. The summed E-state index contributed by atoms with van der Waals surface area (Å²) in [6.45, 7) is 9.43. The van der Waals surface area contributed by atoms with Gasteiger partial charge >= 0.3 is 0 Å². The third-order valence-corrected chi connectivity index (χ3v) is 5.20. The van der Waals surface area contributed by atoms with Crippen molar-refractivity contribution in [2.75, 3.05) is 0 Å². The van der Waals surface area contributed by atoms with Gasteiger partial charge in [0.1, 0.15) is 0 Å². The molecule has 0 spiro atoms. The van der Waals surface area contributed by atoms with Crippen molar-refractivity contribution in [1.29, 1.82) is 0 Å². The van der Waals surface area contributed by atoms with Gasteiger partial charge in [0.25, 0.3) is 0 Å². The second kappa shape index (κ2) is 3.46. The Hall–Kier alpha value is -0.0800. The molecular weight excluding hydrogens is 188 g/mol. The Balaban J connectivity index is 2.22. The predicted molar refractivity (Wildman–Crippen MR) is 60.4 cm³/mol. The average molecular weight is 212 g/mol. The first-order valence-electron chi connectivity index (χ1n) is 6.20. The molecule has 88 valence electrons. The normalized spacial score (nSPS) is 49.8. The topological polar surface area (TPSA) is 29.5 Å². The van der Waals surface area contributed by atoms with Gasteiger partial charge in [-0.25, -0.2) is 0 Å². The van der Waals surface area contributed by atoms with Crippen molar-refractivity contribution in [2.24, 2.45) is 16.7 Å². The number of aliphatic hydroxyl groups excluding tert-OH is 1. The maximum Gasteiger partial charge on any atom is 0.154 e. The van der Waals surface area contributed by atoms with Gasteiger partial charge in [-0.1, -0.05) is 27.7 Å². The molecule has 0 radical (unpaired) electrons. The van der Waals surface area contributed by atoms with Crippen molar-refractivity contribution >= 4 is 0 Å². The molecule has 4 atom stereocenters. The first kappa shape index (κ1) is 11.4. The van der Waals surface area contributed by atoms with Crippen molar-refractivity contribution in [3.05, 3.63) is 0 Å². The smallest absolute Gasteiger partial charge is 0.154 e. The fourth-order valence-corrected chi connectivity index (χ4v) is 3.51. The standard InChI is InChI=1S/C13H24O2/c1-9-12(2,3)7-5-10-13(9,4)8-6-11(14)15-10/h9-11,14H,5-8H2,1-4H3. The van der Waals surface area contributed by atoms with Crippen LogP contribution in [0.1, 0.15) is 53.4 Å². The largest absolute Gasteiger partial charge is 0.368 e. The van der Waals surface area contributed by atoms with Crippen molar-refractivity contribution in [3.63, 3.8) is 0 Å². The van der Waals surface area contributed by atoms with Gasteiger partial charge in [0.2, 0.25) is 0 Å². The van der Waals surface area contributed by atoms with Crippen LogP contribution in [0.25, 0.3) is 0 Å². The Bertz CT molecular complexity index is 249. The minimum absolute atomic E-state index is 0.265. The summed E-state index contributed by atoms with van der Waals surface area (Å²) in [6.07, 6.45) is 3.96. The van der Waals surface area contributed by atoms with E-state index in [9.17, 15) is 5.11 Å². The molecule has 1 N–H and O–H groups in total. The first-order valence-corrected chi connectivity index (χ1v) is 6.20. The highest BCUT2D eigenvalue weighted by Crippen LogP contribution is 2.55. The van der Waals surface area contributed by atoms with Crippen LogP contribution in [0.2, 0.25) is 0 Å². The zero-order valence-electron chi connectivity index (χ0n) is 10.4. The maximum atomic E-state index is 9.56. The molecule has 0 amide bonds. The fraction of sp³-hybridized carbons (Fsp3) is 1.00. The second-order valence-electron chi connectivity index (χ2n) is 6.37. The highest BCUT2D eigenvalue weighted by atomic mass is 16.6. The Morgan fingerprint density at radius 2 is 1.80 bits per heavy atom. The lowest BCUT2D eigenvalue weighted by Crippen LogP contribution is -2.54. The first-order chi connectivity index (χ1) is 6.86. The Labute approximate surface area is 93.0 Å². The molecule has 1 aliphatic heterocycles. The molecule has 2 heteroatoms. The Kier molecular flexibility index (Phi) is 2.63. The molecule has 1 heterocycles. The molecule has 0 aromatic rings. The van der Waals surface area contributed by atoms with Crippen molar-refractivity contribution in [3.8, 4) is 0 Å². The summed E-state index contributed by atoms with van der Waals surface area (Å²) in [7, 11) is 0. The summed E-state index contributed by atoms with van der Waals surface area (Å²) in [6, 6.07) is 0. The van der Waals surface area contributed by atoms with E-state index in [1.165, 1.54) is 6.42 Å². The van der Waals surface area contributed by atoms with Gasteiger partial charge in [0.15, 0.2) is 6.29 Å². The van der Waals surface area contributed by atoms with Gasteiger partial charge in [0.05, 0.1) is 6.10 Å². The minimum atomic E-state index is -0.517. The van der Waals surface area contributed by atoms with Crippen LogP contribution in [0.4, 0.5) is 0 Å². The predicted octanol–water partition coefficient (Wildman–Crippen LogP) is 2.95. The van der Waals surface area contributed by atoms with E-state index in [1.807, 2.05) is 0 Å². The average Bonchev–Trinajstić information content (AvgIpc) is 2.17. The molecule has 2 aliphatic rings. The van der Waals surface area contributed by atoms with E-state index < -0.39 is 6.29 Å². The van der Waals surface area contributed by atoms with Gasteiger partial charge in [-0.3, -0.25) is 0 Å². The fourth-order valence-electron chi connectivity index (χ4n) is 3.51. The van der Waals surface area contributed by atoms with Crippen LogP contribution in [0, 0.1) is 16.7 Å². The van der Waals surface area contributed by atoms with E-state index in [0.717, 1.165) is 19.3 Å². The summed E-state index contributed by atoms with van der Waals surface area (Å²) < 4.78 is 5.71. The lowest BCUT2D eigenvalue weighted by atomic mass is 9.54. The van der Waals surface area contributed by atoms with Gasteiger partial charge in [-0.15, -0.1) is 0 Å². The molecule has 2 fully saturated rings. The Morgan fingerprint density at radius 1 is 1.13 bits per heavy atom. The zero-order chi connectivity index (χ0) is 11.3. The van der Waals surface area contributed by atoms with Crippen molar-refractivity contribution < 1.29 is 9.84 Å². The number of ether oxygens (including phenoxy) is 1. The molecule has 2 nitrogen and oxygen atoms in total. The van der Waals surface area contributed by atoms with Gasteiger partial charge in [-0.2, -0.15) is 0 Å². The summed E-state index contributed by atoms with van der Waals surface area (Å²) in [5.74, 6) is 0.663. The van der Waals surface area contributed by atoms with Crippen LogP contribution in [0.3, 0.4) is 0 Å². The summed E-state index contributed by atoms with van der Waals surface area (Å²) in [5.41, 5.74) is 0.678. The van der Waals surface area contributed by atoms with Crippen LogP contribution in [0.15, 0.2) is 0 Å². The zero-order valence-corrected chi connectivity index (χ0v) is 10.4. The van der Waals surface area contributed by atoms with Gasteiger partial charge in [0, 0.05) is 0 Å². The summed E-state index contributed by atoms with van der Waals surface area (Å²) in [4.78, 5) is 0. The molecule has 15 heavy (non-hydrogen) atoms. The number of aliphatic hydroxyl groups is 1. The van der Waals surface area contributed by atoms with Gasteiger partial charge < -0.3 is 9.84 Å². The van der Waals surface area contributed by atoms with Crippen LogP contribution in [0.5, 0.6) is 0 Å². The molecule has 1 saturated carbocycles. The second-order valence-corrected chi connectivity index (χ2v) is 6.37. The highest BCUT2D eigenvalue weighted by Gasteiger charge is 2.52. The summed E-state index contributed by atoms with van der Waals surface area (Å²) >= 11 is 0. The SMILES string of the molecule is CC1C(C)(C)CCC2OC(O)CCC21C. The molecule has 4 unspecified atom stereocenters. The number of rotatable bonds is 0. The lowest BCUT2D eigenvalue weighted by molar-refractivity contribution is -0.242. The Morgan fingerprint density at radius 3 is 2.47 bits per heavy atom. The third-order valence-electron chi connectivity index (χ3n) is 5.20. The minimum Gasteiger partial charge on any atom is -0.368 e. The van der Waals surface area contributed by atoms with E-state index in [0.29, 0.717) is 11.3 Å². The maximum absolute atomic E-state index is 9.56. The lowest BCUT2D eigenvalue weighted by Gasteiger charge is -2.56. The molecule has 1 saturated heterocycles. The van der Waals surface area contributed by atoms with E-state index in [4.69, 9.17) is 4.74 Å². The molecular formula is C13H24O2. The van der Waals surface area contributed by atoms with Crippen molar-refractivity contribution in [2.45, 2.75) is 65.8 Å². The third kappa shape index (κ3) is 1.72. The number of hydrogen-bond acceptors (Lipinski definition) is 2. The van der Waals surface area contributed by atoms with E-state index in [-0.39, 0.29) is 11.5 Å². The molecule has 2 rings (SSSR count). The monoisotopic (exact) mass is 212 g/mol. The highest BCUT2D eigenvalue weighted by molar-refractivity contribution is 5.00. The summed E-state index contributed by atoms with van der Waals surface area (Å²) in [5, 5.41) is 9.56. The van der Waals surface area contributed by atoms with Crippen molar-refractivity contribution in [1.82, 2.24) is 0 Å². The van der Waals surface area contributed by atoms with Crippen LogP contribution in [-0.2, 0) is 4.74 Å². The molecule has 0 bridgehead atoms. The van der Waals surface area contributed by atoms with E-state index >= 15 is 0 Å². The molecule has 1 aliphatic carbocycles. The molecule has 0 aromatic heterocycles. The van der Waals surface area contributed by atoms with Crippen LogP contribution >= 0.6 is 0 Å². The van der Waals surface area contributed by atoms with Gasteiger partial charge in [-0.05, 0) is 42.4 Å². The number of hydrogen-bond donors (Lipinski definition) is 1. The van der Waals surface area contributed by atoms with E-state index in [2.05, 4.69) is 27.7 Å².